The molecule has 0 aromatic rings. The van der Waals surface area contributed by atoms with Gasteiger partial charge >= 0.3 is 0 Å². The van der Waals surface area contributed by atoms with E-state index in [4.69, 9.17) is 12.6 Å². The molecule has 1 aliphatic rings. The number of hydrogen-bond acceptors (Lipinski definition) is 1. The van der Waals surface area contributed by atoms with Crippen molar-refractivity contribution >= 4 is 7.85 Å². The molecule has 1 rings (SSSR count). The Bertz CT molecular complexity index is 190. The molecule has 2 radical (unpaired) electrons. The lowest BCUT2D eigenvalue weighted by Gasteiger charge is -2.45. The van der Waals surface area contributed by atoms with Gasteiger partial charge in [0.05, 0.1) is 6.10 Å². The minimum absolute atomic E-state index is 0.0767. The van der Waals surface area contributed by atoms with E-state index in [0.29, 0.717) is 17.4 Å². The first-order valence-electron chi connectivity index (χ1n) is 6.02. The lowest BCUT2D eigenvalue weighted by molar-refractivity contribution is -0.102. The Morgan fingerprint density at radius 2 is 1.47 bits per heavy atom. The van der Waals surface area contributed by atoms with Gasteiger partial charge in [0.2, 0.25) is 0 Å². The Labute approximate surface area is 96.4 Å². The van der Waals surface area contributed by atoms with Crippen LogP contribution in [0, 0.1) is 16.7 Å². The van der Waals surface area contributed by atoms with Gasteiger partial charge in [-0.1, -0.05) is 41.5 Å². The van der Waals surface area contributed by atoms with Crippen molar-refractivity contribution in [1.82, 2.24) is 0 Å². The topological polar surface area (TPSA) is 9.23 Å². The highest BCUT2D eigenvalue weighted by molar-refractivity contribution is 6.11. The summed E-state index contributed by atoms with van der Waals surface area (Å²) in [4.78, 5) is 0. The molecular weight excluding hydrogens is 183 g/mol. The molecular formula is C13H25BO. The van der Waals surface area contributed by atoms with Crippen LogP contribution in [0.5, 0.6) is 0 Å². The van der Waals surface area contributed by atoms with E-state index in [1.807, 2.05) is 0 Å². The Morgan fingerprint density at radius 3 is 1.87 bits per heavy atom. The average Bonchev–Trinajstić information content (AvgIpc) is 1.99. The van der Waals surface area contributed by atoms with E-state index in [9.17, 15) is 0 Å². The van der Waals surface area contributed by atoms with Crippen molar-refractivity contribution in [1.29, 1.82) is 0 Å². The van der Waals surface area contributed by atoms with E-state index in [0.717, 1.165) is 12.8 Å². The summed E-state index contributed by atoms with van der Waals surface area (Å²) in [5, 5.41) is 0. The van der Waals surface area contributed by atoms with Gasteiger partial charge in [-0.25, -0.2) is 0 Å². The van der Waals surface area contributed by atoms with Gasteiger partial charge in [0.15, 0.2) is 0 Å². The number of hydrogen-bond donors (Lipinski definition) is 0. The molecule has 15 heavy (non-hydrogen) atoms. The van der Waals surface area contributed by atoms with Crippen molar-refractivity contribution in [3.8, 4) is 0 Å². The highest BCUT2D eigenvalue weighted by atomic mass is 16.5. The van der Waals surface area contributed by atoms with Crippen LogP contribution in [0.25, 0.3) is 0 Å². The predicted octanol–water partition coefficient (Wildman–Crippen LogP) is 3.37. The third-order valence-corrected chi connectivity index (χ3v) is 3.55. The highest BCUT2D eigenvalue weighted by Crippen LogP contribution is 2.41. The summed E-state index contributed by atoms with van der Waals surface area (Å²) in [6.45, 7) is 13.6. The van der Waals surface area contributed by atoms with Crippen molar-refractivity contribution in [2.75, 3.05) is 0 Å². The summed E-state index contributed by atoms with van der Waals surface area (Å²) in [6, 6.07) is -0.0767. The molecule has 1 aliphatic heterocycles. The van der Waals surface area contributed by atoms with Gasteiger partial charge in [0.1, 0.15) is 7.85 Å². The number of rotatable bonds is 0. The maximum absolute atomic E-state index is 5.99. The van der Waals surface area contributed by atoms with E-state index in [2.05, 4.69) is 41.5 Å². The molecule has 0 spiro atoms. The van der Waals surface area contributed by atoms with Crippen LogP contribution >= 0.6 is 0 Å². The first kappa shape index (κ1) is 13.1. The van der Waals surface area contributed by atoms with Crippen molar-refractivity contribution in [3.63, 3.8) is 0 Å². The van der Waals surface area contributed by atoms with E-state index in [1.54, 1.807) is 0 Å². The third-order valence-electron chi connectivity index (χ3n) is 3.55. The van der Waals surface area contributed by atoms with Crippen LogP contribution in [-0.2, 0) is 4.74 Å². The van der Waals surface area contributed by atoms with Gasteiger partial charge in [-0.2, -0.15) is 0 Å². The van der Waals surface area contributed by atoms with Gasteiger partial charge in [-0.3, -0.25) is 0 Å². The van der Waals surface area contributed by atoms with E-state index in [1.165, 1.54) is 0 Å². The van der Waals surface area contributed by atoms with E-state index < -0.39 is 0 Å². The summed E-state index contributed by atoms with van der Waals surface area (Å²) in [5.74, 6) is 0.672. The monoisotopic (exact) mass is 208 g/mol. The number of ether oxygens (including phenoxy) is 1. The Kier molecular flexibility index (Phi) is 3.60. The van der Waals surface area contributed by atoms with Crippen molar-refractivity contribution in [2.45, 2.75) is 66.5 Å². The second kappa shape index (κ2) is 4.12. The fraction of sp³-hybridized carbons (Fsp3) is 1.00. The van der Waals surface area contributed by atoms with Crippen LogP contribution in [0.3, 0.4) is 0 Å². The zero-order chi connectivity index (χ0) is 11.9. The normalized spacial score (nSPS) is 34.1. The molecule has 0 bridgehead atoms. The fourth-order valence-corrected chi connectivity index (χ4v) is 2.22. The summed E-state index contributed by atoms with van der Waals surface area (Å²) in [7, 11) is 5.99. The summed E-state index contributed by atoms with van der Waals surface area (Å²) < 4.78 is 5.85. The zero-order valence-corrected chi connectivity index (χ0v) is 11.1. The van der Waals surface area contributed by atoms with Crippen LogP contribution in [0.15, 0.2) is 0 Å². The van der Waals surface area contributed by atoms with Crippen LogP contribution < -0.4 is 0 Å². The maximum atomic E-state index is 5.99. The standard InChI is InChI=1S/C13H25BO/c1-12(2,3)9-7-10(13(4,5)6)15-11(14)8-9/h9-11H,7-8H2,1-6H3. The fourth-order valence-electron chi connectivity index (χ4n) is 2.22. The largest absolute Gasteiger partial charge is 0.384 e. The third kappa shape index (κ3) is 3.51. The average molecular weight is 208 g/mol. The molecule has 0 saturated carbocycles. The molecule has 2 heteroatoms. The van der Waals surface area contributed by atoms with Crippen molar-refractivity contribution in [2.24, 2.45) is 16.7 Å². The second-order valence-corrected chi connectivity index (χ2v) is 7.06. The minimum atomic E-state index is -0.0767. The first-order chi connectivity index (χ1) is 6.60. The molecule has 0 amide bonds. The molecule has 3 atom stereocenters. The van der Waals surface area contributed by atoms with Crippen LogP contribution in [0.2, 0.25) is 0 Å². The molecule has 0 aliphatic carbocycles. The van der Waals surface area contributed by atoms with Crippen LogP contribution in [0.4, 0.5) is 0 Å². The highest BCUT2D eigenvalue weighted by Gasteiger charge is 2.38. The first-order valence-corrected chi connectivity index (χ1v) is 6.02. The van der Waals surface area contributed by atoms with Crippen LogP contribution in [0.1, 0.15) is 54.4 Å². The maximum Gasteiger partial charge on any atom is 0.109 e. The van der Waals surface area contributed by atoms with Gasteiger partial charge in [-0.15, -0.1) is 0 Å². The molecule has 1 nitrogen and oxygen atoms in total. The second-order valence-electron chi connectivity index (χ2n) is 7.06. The van der Waals surface area contributed by atoms with Gasteiger partial charge in [0, 0.05) is 6.00 Å². The molecule has 1 saturated heterocycles. The van der Waals surface area contributed by atoms with Crippen LogP contribution in [-0.4, -0.2) is 20.0 Å². The lowest BCUT2D eigenvalue weighted by Crippen LogP contribution is -2.43. The molecule has 0 aromatic carbocycles. The van der Waals surface area contributed by atoms with E-state index in [-0.39, 0.29) is 11.4 Å². The molecule has 0 N–H and O–H groups in total. The molecule has 1 heterocycles. The molecule has 86 valence electrons. The summed E-state index contributed by atoms with van der Waals surface area (Å²) in [5.41, 5.74) is 0.534. The minimum Gasteiger partial charge on any atom is -0.384 e. The predicted molar refractivity (Wildman–Crippen MR) is 66.0 cm³/mol. The quantitative estimate of drug-likeness (QED) is 0.554. The molecule has 0 aromatic heterocycles. The van der Waals surface area contributed by atoms with Crippen molar-refractivity contribution in [3.05, 3.63) is 0 Å². The molecule has 1 fully saturated rings. The van der Waals surface area contributed by atoms with Crippen molar-refractivity contribution < 1.29 is 4.74 Å². The zero-order valence-electron chi connectivity index (χ0n) is 11.1. The Hall–Kier alpha value is 0.0249. The summed E-state index contributed by atoms with van der Waals surface area (Å²) in [6.07, 6.45) is 2.43. The SMILES string of the molecule is [B]C1CC(C(C)(C)C)CC(C(C)(C)C)O1. The molecule has 3 unspecified atom stereocenters. The Morgan fingerprint density at radius 1 is 0.933 bits per heavy atom. The van der Waals surface area contributed by atoms with E-state index >= 15 is 0 Å². The van der Waals surface area contributed by atoms with Gasteiger partial charge in [-0.05, 0) is 29.6 Å². The smallest absolute Gasteiger partial charge is 0.109 e. The van der Waals surface area contributed by atoms with Gasteiger partial charge in [0.25, 0.3) is 0 Å². The van der Waals surface area contributed by atoms with Gasteiger partial charge < -0.3 is 4.74 Å². The summed E-state index contributed by atoms with van der Waals surface area (Å²) >= 11 is 0. The lowest BCUT2D eigenvalue weighted by atomic mass is 9.67. The Balaban J connectivity index is 2.73.